The first-order valence-electron chi connectivity index (χ1n) is 22.8. The monoisotopic (exact) mass is 855 g/mol. The number of hydrogen-bond acceptors (Lipinski definition) is 14. The normalized spacial score (nSPS) is 44.1. The summed E-state index contributed by atoms with van der Waals surface area (Å²) in [6, 6.07) is 0. The predicted octanol–water partition coefficient (Wildman–Crippen LogP) is 6.42. The first-order valence-corrected chi connectivity index (χ1v) is 22.8. The number of carbonyl (C=O) groups excluding carboxylic acids is 4. The van der Waals surface area contributed by atoms with Gasteiger partial charge in [0, 0.05) is 36.5 Å². The number of esters is 2. The van der Waals surface area contributed by atoms with Crippen LogP contribution < -0.4 is 0 Å². The molecule has 3 spiro atoms. The highest BCUT2D eigenvalue weighted by Gasteiger charge is 2.72. The van der Waals surface area contributed by atoms with Gasteiger partial charge in [0.1, 0.15) is 11.6 Å². The van der Waals surface area contributed by atoms with E-state index in [0.29, 0.717) is 77.0 Å². The van der Waals surface area contributed by atoms with Crippen molar-refractivity contribution in [2.45, 2.75) is 192 Å². The van der Waals surface area contributed by atoms with Crippen LogP contribution in [0.4, 0.5) is 0 Å². The van der Waals surface area contributed by atoms with Crippen molar-refractivity contribution < 1.29 is 67.0 Å². The Bertz CT molecular complexity index is 1560. The van der Waals surface area contributed by atoms with E-state index in [-0.39, 0.29) is 24.4 Å². The molecular weight excluding hydrogens is 787 g/mol. The van der Waals surface area contributed by atoms with Crippen LogP contribution in [0, 0.1) is 23.7 Å². The third-order valence-corrected chi connectivity index (χ3v) is 13.5. The zero-order chi connectivity index (χ0) is 44.0. The Morgan fingerprint density at radius 3 is 1.26 bits per heavy atom. The van der Waals surface area contributed by atoms with Crippen molar-refractivity contribution in [3.8, 4) is 0 Å². The van der Waals surface area contributed by atoms with Gasteiger partial charge in [-0.1, -0.05) is 76.3 Å². The second kappa shape index (κ2) is 20.7. The average Bonchev–Trinajstić information content (AvgIpc) is 3.70. The Kier molecular flexibility index (Phi) is 16.1. The Labute approximate surface area is 360 Å². The third-order valence-electron chi connectivity index (χ3n) is 13.5. The standard InChI is InChI=1S/C46H68BO14/c1-29-23-25-39-33(5)37(50)27-35(48)21-17-13-10-8-12-16-20-32(4)55-44(53)42-46-30(2)24-26-40(57-46)34(6)38(51)28-36(49)22-18-14-9-7-11-15-19-31(3)54-43(52)41-45(29,56-39)60-47(58-41,59-42)61-46/h7-14,29-36,39-42,48-49H,15-28H2,1-6H3/q-1. The largest absolute Gasteiger partial charge is 0.536 e. The van der Waals surface area contributed by atoms with Gasteiger partial charge in [-0.15, -0.1) is 0 Å². The number of allylic oxidation sites excluding steroid dienone is 8. The van der Waals surface area contributed by atoms with Crippen molar-refractivity contribution in [1.82, 2.24) is 0 Å². The summed E-state index contributed by atoms with van der Waals surface area (Å²) in [5.74, 6) is -8.24. The van der Waals surface area contributed by atoms with Gasteiger partial charge >= 0.3 is 18.9 Å². The number of Topliss-reactive ketones (excluding diaryl/α,β-unsaturated/α-hetero) is 2. The topological polar surface area (TPSA) is 183 Å². The summed E-state index contributed by atoms with van der Waals surface area (Å²) < 4.78 is 52.5. The molecule has 0 aromatic heterocycles. The minimum atomic E-state index is -3.51. The van der Waals surface area contributed by atoms with Crippen LogP contribution in [0.25, 0.3) is 0 Å². The molecule has 0 amide bonds. The Morgan fingerprint density at radius 1 is 0.525 bits per heavy atom. The predicted molar refractivity (Wildman–Crippen MR) is 224 cm³/mol. The third kappa shape index (κ3) is 11.0. The molecule has 4 fully saturated rings. The molecule has 15 heteroatoms. The van der Waals surface area contributed by atoms with Crippen molar-refractivity contribution >= 4 is 30.5 Å². The van der Waals surface area contributed by atoms with Gasteiger partial charge in [-0.25, -0.2) is 9.59 Å². The highest BCUT2D eigenvalue weighted by molar-refractivity contribution is 6.56. The second-order valence-electron chi connectivity index (χ2n) is 18.3. The van der Waals surface area contributed by atoms with Crippen LogP contribution in [-0.2, 0) is 56.7 Å². The summed E-state index contributed by atoms with van der Waals surface area (Å²) in [7, 11) is 0. The fourth-order valence-electron chi connectivity index (χ4n) is 9.42. The number of cyclic esters (lactones) is 2. The summed E-state index contributed by atoms with van der Waals surface area (Å²) in [6.07, 6.45) is 13.6. The molecule has 0 saturated carbocycles. The number of ketones is 2. The lowest BCUT2D eigenvalue weighted by atomic mass is 9.82. The van der Waals surface area contributed by atoms with Gasteiger partial charge in [0.2, 0.25) is 0 Å². The summed E-state index contributed by atoms with van der Waals surface area (Å²) >= 11 is 0. The molecule has 6 aliphatic rings. The first-order chi connectivity index (χ1) is 29.1. The quantitative estimate of drug-likeness (QED) is 0.201. The summed E-state index contributed by atoms with van der Waals surface area (Å²) in [5, 5.41) is 21.7. The van der Waals surface area contributed by atoms with Crippen LogP contribution >= 0.6 is 0 Å². The number of fused-ring (bicyclic) bond motifs is 4. The van der Waals surface area contributed by atoms with E-state index in [0.717, 1.165) is 0 Å². The SMILES string of the molecule is CC1CCC=CC=CCCC(O)CC(=O)C(C)C2CCC(C)C3(O2)O[B-]24OC(C(=O)O1)C1(OC(CCC1C)C(C)C(=O)CC(O)CCC=CC=CCCC(C)OC(=O)C3O2)O4. The molecule has 340 valence electrons. The minimum absolute atomic E-state index is 0.0710. The Hall–Kier alpha value is -3.02. The zero-order valence-electron chi connectivity index (χ0n) is 36.8. The lowest BCUT2D eigenvalue weighted by Crippen LogP contribution is -2.59. The van der Waals surface area contributed by atoms with Crippen LogP contribution in [0.3, 0.4) is 0 Å². The van der Waals surface area contributed by atoms with Crippen molar-refractivity contribution in [1.29, 1.82) is 0 Å². The summed E-state index contributed by atoms with van der Waals surface area (Å²) in [5.41, 5.74) is 0. The maximum Gasteiger partial charge on any atom is 0.536 e. The molecule has 14 unspecified atom stereocenters. The number of rotatable bonds is 0. The molecule has 14 atom stereocenters. The number of hydrogen-bond donors (Lipinski definition) is 2. The van der Waals surface area contributed by atoms with E-state index < -0.39 is 103 Å². The molecule has 7 bridgehead atoms. The molecule has 6 heterocycles. The maximum atomic E-state index is 14.5. The highest BCUT2D eigenvalue weighted by Crippen LogP contribution is 2.55. The second-order valence-corrected chi connectivity index (χ2v) is 18.3. The van der Waals surface area contributed by atoms with Gasteiger partial charge in [-0.3, -0.25) is 9.59 Å². The molecule has 0 aromatic carbocycles. The molecule has 0 aliphatic carbocycles. The van der Waals surface area contributed by atoms with E-state index in [1.54, 1.807) is 27.7 Å². The van der Waals surface area contributed by atoms with E-state index in [1.165, 1.54) is 0 Å². The van der Waals surface area contributed by atoms with Crippen LogP contribution in [-0.4, -0.2) is 101 Å². The molecule has 0 radical (unpaired) electrons. The van der Waals surface area contributed by atoms with E-state index >= 15 is 0 Å². The number of aliphatic hydroxyl groups is 2. The fraction of sp³-hybridized carbons (Fsp3) is 0.739. The molecule has 4 saturated heterocycles. The molecule has 2 N–H and O–H groups in total. The summed E-state index contributed by atoms with van der Waals surface area (Å²) in [4.78, 5) is 56.4. The minimum Gasteiger partial charge on any atom is -0.504 e. The van der Waals surface area contributed by atoms with Crippen LogP contribution in [0.5, 0.6) is 0 Å². The molecule has 6 rings (SSSR count). The maximum absolute atomic E-state index is 14.5. The van der Waals surface area contributed by atoms with Gasteiger partial charge in [-0.2, -0.15) is 0 Å². The highest BCUT2D eigenvalue weighted by atomic mass is 17.0. The van der Waals surface area contributed by atoms with Gasteiger partial charge < -0.3 is 47.8 Å². The van der Waals surface area contributed by atoms with Crippen LogP contribution in [0.2, 0.25) is 0 Å². The van der Waals surface area contributed by atoms with Crippen LogP contribution in [0.15, 0.2) is 48.6 Å². The lowest BCUT2D eigenvalue weighted by Gasteiger charge is -2.49. The average molecular weight is 856 g/mol. The fourth-order valence-corrected chi connectivity index (χ4v) is 9.42. The molecule has 14 nitrogen and oxygen atoms in total. The van der Waals surface area contributed by atoms with Crippen molar-refractivity contribution in [2.24, 2.45) is 23.7 Å². The smallest absolute Gasteiger partial charge is 0.504 e. The van der Waals surface area contributed by atoms with Crippen LogP contribution in [0.1, 0.15) is 131 Å². The van der Waals surface area contributed by atoms with Crippen molar-refractivity contribution in [3.05, 3.63) is 48.6 Å². The van der Waals surface area contributed by atoms with Gasteiger partial charge in [0.05, 0.1) is 36.6 Å². The number of carbonyl (C=O) groups is 4. The number of aliphatic hydroxyl groups excluding tert-OH is 2. The molecule has 6 aliphatic heterocycles. The van der Waals surface area contributed by atoms with Crippen molar-refractivity contribution in [2.75, 3.05) is 0 Å². The van der Waals surface area contributed by atoms with E-state index in [9.17, 15) is 29.4 Å². The summed E-state index contributed by atoms with van der Waals surface area (Å²) in [6.45, 7) is 7.23. The van der Waals surface area contributed by atoms with Gasteiger partial charge in [0.25, 0.3) is 0 Å². The molecular formula is C46H68BO14-. The Morgan fingerprint density at radius 2 is 0.885 bits per heavy atom. The van der Waals surface area contributed by atoms with Crippen molar-refractivity contribution in [3.63, 3.8) is 0 Å². The zero-order valence-corrected chi connectivity index (χ0v) is 36.8. The lowest BCUT2D eigenvalue weighted by molar-refractivity contribution is -0.294. The van der Waals surface area contributed by atoms with Gasteiger partial charge in [-0.05, 0) is 90.9 Å². The van der Waals surface area contributed by atoms with E-state index in [1.807, 2.05) is 62.5 Å². The van der Waals surface area contributed by atoms with Gasteiger partial charge in [0.15, 0.2) is 23.8 Å². The first kappa shape index (κ1) is 47.5. The Balaban J connectivity index is 1.43. The molecule has 0 aromatic rings. The number of ether oxygens (including phenoxy) is 4. The molecule has 61 heavy (non-hydrogen) atoms. The van der Waals surface area contributed by atoms with E-state index in [2.05, 4.69) is 0 Å². The van der Waals surface area contributed by atoms with E-state index in [4.69, 9.17) is 37.6 Å².